The van der Waals surface area contributed by atoms with Gasteiger partial charge in [0.25, 0.3) is 0 Å². The number of nitrogens with one attached hydrogen (secondary N) is 2. The molecule has 3 aromatic rings. The second-order valence-electron chi connectivity index (χ2n) is 10.3. The minimum Gasteiger partial charge on any atom is -0.481 e. The van der Waals surface area contributed by atoms with Crippen molar-refractivity contribution in [2.24, 2.45) is 11.3 Å². The number of fused-ring (bicyclic) bond motifs is 1. The van der Waals surface area contributed by atoms with Crippen molar-refractivity contribution in [1.82, 2.24) is 19.5 Å². The summed E-state index contributed by atoms with van der Waals surface area (Å²) >= 11 is 19.0. The van der Waals surface area contributed by atoms with Crippen molar-refractivity contribution in [3.8, 4) is 0 Å². The van der Waals surface area contributed by atoms with Crippen LogP contribution in [0.2, 0.25) is 15.1 Å². The second-order valence-corrected chi connectivity index (χ2v) is 11.5. The number of benzene rings is 1. The first-order chi connectivity index (χ1) is 17.6. The van der Waals surface area contributed by atoms with Gasteiger partial charge < -0.3 is 20.5 Å². The van der Waals surface area contributed by atoms with E-state index in [1.165, 1.54) is 0 Å². The molecule has 9 nitrogen and oxygen atoms in total. The molecule has 1 aromatic carbocycles. The summed E-state index contributed by atoms with van der Waals surface area (Å²) in [5.41, 5.74) is 1.01. The van der Waals surface area contributed by atoms with Crippen LogP contribution in [0.25, 0.3) is 11.2 Å². The van der Waals surface area contributed by atoms with E-state index in [0.717, 1.165) is 6.42 Å². The first kappa shape index (κ1) is 26.3. The Bertz CT molecular complexity index is 1300. The fourth-order valence-electron chi connectivity index (χ4n) is 5.14. The van der Waals surface area contributed by atoms with Gasteiger partial charge in [-0.15, -0.1) is 0 Å². The molecule has 3 N–H and O–H groups in total. The first-order valence-corrected chi connectivity index (χ1v) is 13.5. The lowest BCUT2D eigenvalue weighted by Gasteiger charge is -2.35. The zero-order chi connectivity index (χ0) is 26.3. The standard InChI is InChI=1S/C25H29Cl3N6O3/c1-13-12-37-8-5-18(13)30-23-29-11-19-21(33-23)34(15-3-6-25(2,7-4-15)22(35)36)24(31-19)32-20-16(27)9-14(26)10-17(20)28/h9-11,13,15,18H,3-8,12H2,1-2H3,(H,31,32)(H,35,36)(H,29,30,33)/t13-,15-,18-,25+/m1/s1. The topological polar surface area (TPSA) is 114 Å². The summed E-state index contributed by atoms with van der Waals surface area (Å²) in [6, 6.07) is 3.41. The molecule has 3 heterocycles. The van der Waals surface area contributed by atoms with Crippen molar-refractivity contribution in [2.45, 2.75) is 58.0 Å². The highest BCUT2D eigenvalue weighted by molar-refractivity contribution is 6.41. The van der Waals surface area contributed by atoms with Gasteiger partial charge in [-0.05, 0) is 57.1 Å². The average molecular weight is 568 g/mol. The molecule has 2 fully saturated rings. The van der Waals surface area contributed by atoms with Gasteiger partial charge >= 0.3 is 5.97 Å². The summed E-state index contributed by atoms with van der Waals surface area (Å²) in [5.74, 6) is 0.596. The van der Waals surface area contributed by atoms with Crippen molar-refractivity contribution in [3.05, 3.63) is 33.4 Å². The lowest BCUT2D eigenvalue weighted by molar-refractivity contribution is -0.150. The highest BCUT2D eigenvalue weighted by atomic mass is 35.5. The number of hydrogen-bond acceptors (Lipinski definition) is 7. The molecular formula is C25H29Cl3N6O3. The molecule has 2 aliphatic rings. The number of aliphatic carboxylic acids is 1. The largest absolute Gasteiger partial charge is 0.481 e. The van der Waals surface area contributed by atoms with E-state index < -0.39 is 11.4 Å². The maximum absolute atomic E-state index is 11.8. The molecule has 1 aliphatic carbocycles. The van der Waals surface area contributed by atoms with E-state index in [-0.39, 0.29) is 12.1 Å². The fraction of sp³-hybridized carbons (Fsp3) is 0.520. The number of carboxylic acids is 1. The molecule has 1 saturated heterocycles. The molecule has 1 saturated carbocycles. The molecular weight excluding hydrogens is 539 g/mol. The Kier molecular flexibility index (Phi) is 7.42. The SMILES string of the molecule is C[C@@H]1COCC[C@H]1Nc1ncc2nc(Nc3c(Cl)cc(Cl)cc3Cl)n([C@H]3CC[C@@](C)(C(=O)O)CC3)c2n1. The number of ether oxygens (including phenoxy) is 1. The van der Waals surface area contributed by atoms with Crippen molar-refractivity contribution < 1.29 is 14.6 Å². The average Bonchev–Trinajstić information content (AvgIpc) is 3.20. The number of nitrogens with zero attached hydrogens (tertiary/aromatic N) is 4. The Labute approximate surface area is 229 Å². The monoisotopic (exact) mass is 566 g/mol. The molecule has 2 aromatic heterocycles. The normalized spacial score (nSPS) is 26.2. The molecule has 0 bridgehead atoms. The minimum absolute atomic E-state index is 0.0190. The maximum atomic E-state index is 11.8. The number of imidazole rings is 1. The smallest absolute Gasteiger partial charge is 0.309 e. The Morgan fingerprint density at radius 1 is 1.16 bits per heavy atom. The molecule has 0 radical (unpaired) electrons. The van der Waals surface area contributed by atoms with Crippen LogP contribution in [0.4, 0.5) is 17.6 Å². The third-order valence-electron chi connectivity index (χ3n) is 7.57. The minimum atomic E-state index is -0.765. The van der Waals surface area contributed by atoms with Gasteiger partial charge in [-0.3, -0.25) is 9.36 Å². The highest BCUT2D eigenvalue weighted by Crippen LogP contribution is 2.44. The van der Waals surface area contributed by atoms with E-state index in [0.29, 0.717) is 88.6 Å². The number of aromatic nitrogens is 4. The Hall–Kier alpha value is -2.33. The third-order valence-corrected chi connectivity index (χ3v) is 8.39. The van der Waals surface area contributed by atoms with Gasteiger partial charge in [0.2, 0.25) is 11.9 Å². The zero-order valence-electron chi connectivity index (χ0n) is 20.6. The second kappa shape index (κ2) is 10.4. The van der Waals surface area contributed by atoms with Crippen LogP contribution >= 0.6 is 34.8 Å². The van der Waals surface area contributed by atoms with Crippen LogP contribution in [0.5, 0.6) is 0 Å². The number of rotatable bonds is 6. The van der Waals surface area contributed by atoms with Crippen LogP contribution in [0, 0.1) is 11.3 Å². The van der Waals surface area contributed by atoms with Crippen molar-refractivity contribution >= 4 is 69.5 Å². The van der Waals surface area contributed by atoms with E-state index in [4.69, 9.17) is 49.5 Å². The summed E-state index contributed by atoms with van der Waals surface area (Å²) in [6.07, 6.45) is 4.99. The van der Waals surface area contributed by atoms with E-state index in [1.54, 1.807) is 18.3 Å². The molecule has 2 atom stereocenters. The zero-order valence-corrected chi connectivity index (χ0v) is 22.9. The van der Waals surface area contributed by atoms with Crippen LogP contribution in [-0.2, 0) is 9.53 Å². The summed E-state index contributed by atoms with van der Waals surface area (Å²) < 4.78 is 7.59. The summed E-state index contributed by atoms with van der Waals surface area (Å²) in [7, 11) is 0. The summed E-state index contributed by atoms with van der Waals surface area (Å²) in [5, 5.41) is 17.6. The van der Waals surface area contributed by atoms with Gasteiger partial charge in [0.15, 0.2) is 5.65 Å². The number of hydrogen-bond donors (Lipinski definition) is 3. The van der Waals surface area contributed by atoms with Crippen molar-refractivity contribution in [3.63, 3.8) is 0 Å². The first-order valence-electron chi connectivity index (χ1n) is 12.4. The van der Waals surface area contributed by atoms with Gasteiger partial charge in [-0.1, -0.05) is 41.7 Å². The van der Waals surface area contributed by atoms with Crippen LogP contribution in [0.15, 0.2) is 18.3 Å². The summed E-state index contributed by atoms with van der Waals surface area (Å²) in [6.45, 7) is 5.34. The van der Waals surface area contributed by atoms with Crippen LogP contribution in [0.1, 0.15) is 52.0 Å². The fourth-order valence-corrected chi connectivity index (χ4v) is 6.05. The Balaban J connectivity index is 1.54. The van der Waals surface area contributed by atoms with E-state index >= 15 is 0 Å². The lowest BCUT2D eigenvalue weighted by Crippen LogP contribution is -2.36. The molecule has 198 valence electrons. The van der Waals surface area contributed by atoms with Gasteiger partial charge in [-0.2, -0.15) is 4.98 Å². The lowest BCUT2D eigenvalue weighted by atomic mass is 9.74. The van der Waals surface area contributed by atoms with Crippen LogP contribution < -0.4 is 10.6 Å². The predicted molar refractivity (Wildman–Crippen MR) is 145 cm³/mol. The third kappa shape index (κ3) is 5.32. The Morgan fingerprint density at radius 3 is 2.51 bits per heavy atom. The molecule has 0 unspecified atom stereocenters. The van der Waals surface area contributed by atoms with E-state index in [1.807, 2.05) is 11.5 Å². The Morgan fingerprint density at radius 2 is 1.86 bits per heavy atom. The van der Waals surface area contributed by atoms with Crippen molar-refractivity contribution in [1.29, 1.82) is 0 Å². The molecule has 0 spiro atoms. The molecule has 12 heteroatoms. The van der Waals surface area contributed by atoms with Crippen molar-refractivity contribution in [2.75, 3.05) is 23.8 Å². The molecule has 1 aliphatic heterocycles. The molecule has 37 heavy (non-hydrogen) atoms. The molecule has 5 rings (SSSR count). The number of carbonyl (C=O) groups is 1. The van der Waals surface area contributed by atoms with Gasteiger partial charge in [0.1, 0.15) is 5.52 Å². The quantitative estimate of drug-likeness (QED) is 0.306. The molecule has 0 amide bonds. The number of carboxylic acid groups (broad SMARTS) is 1. The van der Waals surface area contributed by atoms with E-state index in [9.17, 15) is 9.90 Å². The highest BCUT2D eigenvalue weighted by Gasteiger charge is 2.39. The maximum Gasteiger partial charge on any atom is 0.309 e. The van der Waals surface area contributed by atoms with Gasteiger partial charge in [0.05, 0.1) is 34.0 Å². The number of halogens is 3. The van der Waals surface area contributed by atoms with Crippen LogP contribution in [-0.4, -0.2) is 49.9 Å². The van der Waals surface area contributed by atoms with E-state index in [2.05, 4.69) is 22.5 Å². The predicted octanol–water partition coefficient (Wildman–Crippen LogP) is 6.57. The van der Waals surface area contributed by atoms with Crippen LogP contribution in [0.3, 0.4) is 0 Å². The van der Waals surface area contributed by atoms with Gasteiger partial charge in [-0.25, -0.2) is 9.97 Å². The van der Waals surface area contributed by atoms with Gasteiger partial charge in [0, 0.05) is 23.7 Å². The summed E-state index contributed by atoms with van der Waals surface area (Å²) in [4.78, 5) is 26.0. The number of anilines is 3.